The fourth-order valence-electron chi connectivity index (χ4n) is 3.93. The molecule has 2 aliphatic rings. The number of fused-ring (bicyclic) bond motifs is 1. The van der Waals surface area contributed by atoms with Gasteiger partial charge in [0.05, 0.1) is 6.10 Å². The molecule has 1 saturated heterocycles. The predicted molar refractivity (Wildman–Crippen MR) is 93.0 cm³/mol. The van der Waals surface area contributed by atoms with E-state index in [-0.39, 0.29) is 23.6 Å². The lowest BCUT2D eigenvalue weighted by atomic mass is 9.57. The molecular formula is C18H27N3O2. The zero-order valence-corrected chi connectivity index (χ0v) is 14.4. The van der Waals surface area contributed by atoms with E-state index in [1.807, 2.05) is 31.3 Å². The van der Waals surface area contributed by atoms with Crippen LogP contribution < -0.4 is 15.5 Å². The molecule has 0 unspecified atom stereocenters. The summed E-state index contributed by atoms with van der Waals surface area (Å²) < 4.78 is 5.77. The van der Waals surface area contributed by atoms with Crippen molar-refractivity contribution in [2.45, 2.75) is 39.3 Å². The SMILES string of the molecule is CCN(C)c1cccc(NC(=O)N[C@@H]2[C@@H]3CCO[C@@H]3C2(C)C)c1. The number of carbonyl (C=O) groups excluding carboxylic acids is 1. The minimum absolute atomic E-state index is 0.00276. The first kappa shape index (κ1) is 16.1. The van der Waals surface area contributed by atoms with Gasteiger partial charge in [-0.2, -0.15) is 0 Å². The van der Waals surface area contributed by atoms with Crippen molar-refractivity contribution in [3.8, 4) is 0 Å². The van der Waals surface area contributed by atoms with Gasteiger partial charge in [-0.3, -0.25) is 0 Å². The van der Waals surface area contributed by atoms with Gasteiger partial charge in [0.1, 0.15) is 0 Å². The van der Waals surface area contributed by atoms with E-state index in [4.69, 9.17) is 4.74 Å². The van der Waals surface area contributed by atoms with Gasteiger partial charge in [-0.15, -0.1) is 0 Å². The topological polar surface area (TPSA) is 53.6 Å². The van der Waals surface area contributed by atoms with E-state index in [2.05, 4.69) is 36.3 Å². The quantitative estimate of drug-likeness (QED) is 0.897. The van der Waals surface area contributed by atoms with Gasteiger partial charge in [-0.05, 0) is 31.5 Å². The summed E-state index contributed by atoms with van der Waals surface area (Å²) in [5, 5.41) is 6.11. The molecule has 5 heteroatoms. The third-order valence-corrected chi connectivity index (χ3v) is 5.41. The number of benzene rings is 1. The predicted octanol–water partition coefficient (Wildman–Crippen LogP) is 3.08. The van der Waals surface area contributed by atoms with Gasteiger partial charge < -0.3 is 20.3 Å². The second-order valence-electron chi connectivity index (χ2n) is 7.21. The first-order chi connectivity index (χ1) is 10.9. The number of anilines is 2. The Labute approximate surface area is 138 Å². The molecule has 23 heavy (non-hydrogen) atoms. The van der Waals surface area contributed by atoms with Crippen LogP contribution in [0.15, 0.2) is 24.3 Å². The smallest absolute Gasteiger partial charge is 0.319 e. The van der Waals surface area contributed by atoms with Crippen LogP contribution in [0.3, 0.4) is 0 Å². The van der Waals surface area contributed by atoms with E-state index in [0.717, 1.165) is 30.9 Å². The Bertz CT molecular complexity index is 587. The standard InChI is InChI=1S/C18H27N3O2/c1-5-21(4)13-8-6-7-12(11-13)19-17(22)20-15-14-9-10-23-16(14)18(15,2)3/h6-8,11,14-16H,5,9-10H2,1-4H3,(H2,19,20,22)/t14-,15+,16-/m0/s1. The van der Waals surface area contributed by atoms with E-state index < -0.39 is 0 Å². The number of nitrogens with one attached hydrogen (secondary N) is 2. The molecule has 0 spiro atoms. The fourth-order valence-corrected chi connectivity index (χ4v) is 3.93. The van der Waals surface area contributed by atoms with E-state index in [9.17, 15) is 4.79 Å². The number of hydrogen-bond acceptors (Lipinski definition) is 3. The molecule has 2 N–H and O–H groups in total. The lowest BCUT2D eigenvalue weighted by molar-refractivity contribution is -0.107. The largest absolute Gasteiger partial charge is 0.377 e. The molecule has 1 aromatic rings. The minimum Gasteiger partial charge on any atom is -0.377 e. The Balaban J connectivity index is 1.62. The molecule has 0 bridgehead atoms. The molecule has 1 heterocycles. The number of ether oxygens (including phenoxy) is 1. The summed E-state index contributed by atoms with van der Waals surface area (Å²) in [5.41, 5.74) is 1.91. The molecule has 3 rings (SSSR count). The maximum absolute atomic E-state index is 12.4. The maximum Gasteiger partial charge on any atom is 0.319 e. The Morgan fingerprint density at radius 1 is 1.43 bits per heavy atom. The highest BCUT2D eigenvalue weighted by Crippen LogP contribution is 2.52. The van der Waals surface area contributed by atoms with Gasteiger partial charge in [-0.1, -0.05) is 19.9 Å². The fraction of sp³-hybridized carbons (Fsp3) is 0.611. The molecule has 0 radical (unpaired) electrons. The monoisotopic (exact) mass is 317 g/mol. The molecule has 3 atom stereocenters. The van der Waals surface area contributed by atoms with Gasteiger partial charge in [0.2, 0.25) is 0 Å². The summed E-state index contributed by atoms with van der Waals surface area (Å²) in [6.45, 7) is 8.17. The van der Waals surface area contributed by atoms with Crippen LogP contribution in [0.25, 0.3) is 0 Å². The molecule has 0 aromatic heterocycles. The number of carbonyl (C=O) groups is 1. The first-order valence-corrected chi connectivity index (χ1v) is 8.43. The van der Waals surface area contributed by atoms with Crippen LogP contribution >= 0.6 is 0 Å². The van der Waals surface area contributed by atoms with E-state index in [1.165, 1.54) is 0 Å². The van der Waals surface area contributed by atoms with Crippen LogP contribution in [-0.4, -0.2) is 38.4 Å². The van der Waals surface area contributed by atoms with E-state index in [0.29, 0.717) is 5.92 Å². The van der Waals surface area contributed by atoms with Crippen molar-refractivity contribution in [2.24, 2.45) is 11.3 Å². The van der Waals surface area contributed by atoms with Gasteiger partial charge in [0, 0.05) is 48.9 Å². The summed E-state index contributed by atoms with van der Waals surface area (Å²) in [5.74, 6) is 0.452. The van der Waals surface area contributed by atoms with Crippen LogP contribution in [0.4, 0.5) is 16.2 Å². The van der Waals surface area contributed by atoms with Crippen molar-refractivity contribution in [1.29, 1.82) is 0 Å². The van der Waals surface area contributed by atoms with Gasteiger partial charge >= 0.3 is 6.03 Å². The van der Waals surface area contributed by atoms with Gasteiger partial charge in [0.15, 0.2) is 0 Å². The number of urea groups is 1. The van der Waals surface area contributed by atoms with Crippen LogP contribution in [0.2, 0.25) is 0 Å². The summed E-state index contributed by atoms with van der Waals surface area (Å²) in [6.07, 6.45) is 1.32. The number of amides is 2. The third-order valence-electron chi connectivity index (χ3n) is 5.41. The Morgan fingerprint density at radius 3 is 2.96 bits per heavy atom. The average molecular weight is 317 g/mol. The highest BCUT2D eigenvalue weighted by Gasteiger charge is 2.59. The zero-order chi connectivity index (χ0) is 16.6. The molecule has 1 saturated carbocycles. The summed E-state index contributed by atoms with van der Waals surface area (Å²) in [7, 11) is 2.04. The number of hydrogen-bond donors (Lipinski definition) is 2. The maximum atomic E-state index is 12.4. The normalized spacial score (nSPS) is 27.7. The highest BCUT2D eigenvalue weighted by molar-refractivity contribution is 5.90. The Hall–Kier alpha value is -1.75. The second-order valence-corrected chi connectivity index (χ2v) is 7.21. The highest BCUT2D eigenvalue weighted by atomic mass is 16.5. The minimum atomic E-state index is -0.135. The molecule has 126 valence electrons. The lowest BCUT2D eigenvalue weighted by Crippen LogP contribution is -2.67. The van der Waals surface area contributed by atoms with E-state index in [1.54, 1.807) is 0 Å². The molecule has 1 aromatic carbocycles. The zero-order valence-electron chi connectivity index (χ0n) is 14.4. The Kier molecular flexibility index (Phi) is 4.23. The van der Waals surface area contributed by atoms with Gasteiger partial charge in [0.25, 0.3) is 0 Å². The molecule has 2 fully saturated rings. The first-order valence-electron chi connectivity index (χ1n) is 8.43. The summed E-state index contributed by atoms with van der Waals surface area (Å²) >= 11 is 0. The van der Waals surface area contributed by atoms with Crippen LogP contribution in [0.5, 0.6) is 0 Å². The summed E-state index contributed by atoms with van der Waals surface area (Å²) in [6, 6.07) is 7.96. The summed E-state index contributed by atoms with van der Waals surface area (Å²) in [4.78, 5) is 14.5. The van der Waals surface area contributed by atoms with Crippen molar-refractivity contribution >= 4 is 17.4 Å². The van der Waals surface area contributed by atoms with Crippen LogP contribution in [-0.2, 0) is 4.74 Å². The van der Waals surface area contributed by atoms with Gasteiger partial charge in [-0.25, -0.2) is 4.79 Å². The molecule has 1 aliphatic heterocycles. The number of rotatable bonds is 4. The van der Waals surface area contributed by atoms with Crippen LogP contribution in [0.1, 0.15) is 27.2 Å². The van der Waals surface area contributed by atoms with Crippen molar-refractivity contribution in [2.75, 3.05) is 30.4 Å². The van der Waals surface area contributed by atoms with Crippen molar-refractivity contribution in [3.05, 3.63) is 24.3 Å². The lowest BCUT2D eigenvalue weighted by Gasteiger charge is -2.54. The van der Waals surface area contributed by atoms with Crippen molar-refractivity contribution < 1.29 is 9.53 Å². The van der Waals surface area contributed by atoms with E-state index >= 15 is 0 Å². The molecule has 2 amide bonds. The van der Waals surface area contributed by atoms with Crippen molar-refractivity contribution in [1.82, 2.24) is 5.32 Å². The van der Waals surface area contributed by atoms with Crippen molar-refractivity contribution in [3.63, 3.8) is 0 Å². The molecule has 1 aliphatic carbocycles. The molecular weight excluding hydrogens is 290 g/mol. The average Bonchev–Trinajstić information content (AvgIpc) is 2.99. The number of nitrogens with zero attached hydrogens (tertiary/aromatic N) is 1. The Morgan fingerprint density at radius 2 is 2.22 bits per heavy atom. The second kappa shape index (κ2) is 6.04. The van der Waals surface area contributed by atoms with Crippen LogP contribution in [0, 0.1) is 11.3 Å². The third kappa shape index (κ3) is 2.90. The molecule has 5 nitrogen and oxygen atoms in total.